The fraction of sp³-hybridized carbons (Fsp3) is 0.222. The lowest BCUT2D eigenvalue weighted by Gasteiger charge is -1.98. The van der Waals surface area contributed by atoms with E-state index in [1.54, 1.807) is 24.3 Å². The molecule has 0 spiro atoms. The number of nitrogen functional groups attached to an aromatic ring is 1. The van der Waals surface area contributed by atoms with Crippen LogP contribution in [0.15, 0.2) is 24.3 Å². The van der Waals surface area contributed by atoms with E-state index in [2.05, 4.69) is 4.89 Å². The fourth-order valence-electron chi connectivity index (χ4n) is 0.834. The molecule has 0 aromatic heterocycles. The van der Waals surface area contributed by atoms with Crippen LogP contribution in [0.3, 0.4) is 0 Å². The minimum atomic E-state index is -3.67. The summed E-state index contributed by atoms with van der Waals surface area (Å²) >= 11 is 0. The van der Waals surface area contributed by atoms with Gasteiger partial charge < -0.3 is 10.6 Å². The Labute approximate surface area is 98.5 Å². The van der Waals surface area contributed by atoms with Gasteiger partial charge in [-0.05, 0) is 17.7 Å². The summed E-state index contributed by atoms with van der Waals surface area (Å²) in [6.07, 6.45) is 0.768. The summed E-state index contributed by atoms with van der Waals surface area (Å²) in [6, 6.07) is 6.76. The number of nitrogens with two attached hydrogens (primary N) is 1. The minimum absolute atomic E-state index is 0.0524. The lowest BCUT2D eigenvalue weighted by Crippen LogP contribution is -2.04. The SMILES string of the molecule is CS(=O)(=O)O.Nc1ccc(CC(=O)OO)cc1. The maximum atomic E-state index is 10.6. The standard InChI is InChI=1S/C8H9NO3.CH4O3S/c9-7-3-1-6(2-4-7)5-8(10)12-11;1-5(2,3)4/h1-4,11H,5,9H2;1H3,(H,2,3,4). The van der Waals surface area contributed by atoms with Gasteiger partial charge in [-0.2, -0.15) is 13.7 Å². The molecule has 0 aliphatic carbocycles. The number of hydrogen-bond acceptors (Lipinski definition) is 6. The van der Waals surface area contributed by atoms with Crippen LogP contribution >= 0.6 is 0 Å². The summed E-state index contributed by atoms with van der Waals surface area (Å²) in [5.74, 6) is -0.681. The fourth-order valence-corrected chi connectivity index (χ4v) is 0.834. The summed E-state index contributed by atoms with van der Waals surface area (Å²) in [6.45, 7) is 0. The van der Waals surface area contributed by atoms with Crippen molar-refractivity contribution in [3.63, 3.8) is 0 Å². The van der Waals surface area contributed by atoms with Crippen molar-refractivity contribution in [3.05, 3.63) is 29.8 Å². The number of rotatable bonds is 2. The molecule has 1 aromatic carbocycles. The summed E-state index contributed by atoms with van der Waals surface area (Å²) in [5.41, 5.74) is 6.81. The van der Waals surface area contributed by atoms with Gasteiger partial charge in [0.05, 0.1) is 12.7 Å². The second kappa shape index (κ2) is 6.84. The molecule has 0 atom stereocenters. The Morgan fingerprint density at radius 1 is 1.35 bits per heavy atom. The van der Waals surface area contributed by atoms with Crippen LogP contribution in [0.2, 0.25) is 0 Å². The van der Waals surface area contributed by atoms with Gasteiger partial charge in [-0.15, -0.1) is 0 Å². The molecule has 17 heavy (non-hydrogen) atoms. The molecule has 4 N–H and O–H groups in total. The quantitative estimate of drug-likeness (QED) is 0.303. The molecule has 0 bridgehead atoms. The van der Waals surface area contributed by atoms with E-state index in [1.165, 1.54) is 0 Å². The number of hydrogen-bond donors (Lipinski definition) is 3. The van der Waals surface area contributed by atoms with Crippen LogP contribution in [-0.4, -0.2) is 30.5 Å². The first kappa shape index (κ1) is 15.4. The molecule has 0 aliphatic rings. The molecule has 0 amide bonds. The molecule has 1 aromatic rings. The normalized spacial score (nSPS) is 10.1. The van der Waals surface area contributed by atoms with Crippen molar-refractivity contribution in [2.75, 3.05) is 12.0 Å². The Morgan fingerprint density at radius 3 is 2.12 bits per heavy atom. The van der Waals surface area contributed by atoms with E-state index in [9.17, 15) is 13.2 Å². The largest absolute Gasteiger partial charge is 0.399 e. The van der Waals surface area contributed by atoms with Crippen LogP contribution in [-0.2, 0) is 26.2 Å². The summed E-state index contributed by atoms with van der Waals surface area (Å²) in [5, 5.41) is 7.98. The van der Waals surface area contributed by atoms with Crippen molar-refractivity contribution in [3.8, 4) is 0 Å². The number of anilines is 1. The second-order valence-corrected chi connectivity index (χ2v) is 4.58. The zero-order valence-corrected chi connectivity index (χ0v) is 9.85. The second-order valence-electron chi connectivity index (χ2n) is 3.11. The molecule has 0 saturated carbocycles. The predicted octanol–water partition coefficient (Wildman–Crippen LogP) is 0.331. The van der Waals surface area contributed by atoms with Crippen molar-refractivity contribution < 1.29 is 27.9 Å². The van der Waals surface area contributed by atoms with Gasteiger partial charge in [-0.25, -0.2) is 4.79 Å². The third-order valence-corrected chi connectivity index (χ3v) is 1.43. The monoisotopic (exact) mass is 263 g/mol. The highest BCUT2D eigenvalue weighted by molar-refractivity contribution is 7.85. The highest BCUT2D eigenvalue weighted by Gasteiger charge is 2.02. The third kappa shape index (κ3) is 10.6. The lowest BCUT2D eigenvalue weighted by molar-refractivity contribution is -0.233. The Hall–Kier alpha value is -1.64. The predicted molar refractivity (Wildman–Crippen MR) is 60.8 cm³/mol. The van der Waals surface area contributed by atoms with Crippen LogP contribution < -0.4 is 5.73 Å². The molecule has 1 rings (SSSR count). The van der Waals surface area contributed by atoms with Gasteiger partial charge in [0.25, 0.3) is 10.1 Å². The van der Waals surface area contributed by atoms with E-state index in [-0.39, 0.29) is 6.42 Å². The van der Waals surface area contributed by atoms with Crippen molar-refractivity contribution in [2.45, 2.75) is 6.42 Å². The zero-order valence-electron chi connectivity index (χ0n) is 9.03. The van der Waals surface area contributed by atoms with Crippen LogP contribution in [0.4, 0.5) is 5.69 Å². The molecule has 0 unspecified atom stereocenters. The first-order valence-electron chi connectivity index (χ1n) is 4.33. The van der Waals surface area contributed by atoms with Gasteiger partial charge in [0.1, 0.15) is 0 Å². The average molecular weight is 263 g/mol. The van der Waals surface area contributed by atoms with E-state index >= 15 is 0 Å². The minimum Gasteiger partial charge on any atom is -0.399 e. The van der Waals surface area contributed by atoms with Gasteiger partial charge in [0.15, 0.2) is 0 Å². The van der Waals surface area contributed by atoms with Gasteiger partial charge in [-0.3, -0.25) is 4.55 Å². The maximum absolute atomic E-state index is 10.6. The molecule has 0 aliphatic heterocycles. The van der Waals surface area contributed by atoms with Crippen molar-refractivity contribution in [1.82, 2.24) is 0 Å². The maximum Gasteiger partial charge on any atom is 0.346 e. The Kier molecular flexibility index (Phi) is 6.18. The van der Waals surface area contributed by atoms with Crippen molar-refractivity contribution in [1.29, 1.82) is 0 Å². The first-order valence-corrected chi connectivity index (χ1v) is 6.18. The van der Waals surface area contributed by atoms with Crippen molar-refractivity contribution >= 4 is 21.8 Å². The number of benzene rings is 1. The van der Waals surface area contributed by atoms with E-state index in [1.807, 2.05) is 0 Å². The highest BCUT2D eigenvalue weighted by Crippen LogP contribution is 2.06. The molecular formula is C9H13NO6S. The first-order chi connectivity index (χ1) is 7.72. The topological polar surface area (TPSA) is 127 Å². The van der Waals surface area contributed by atoms with Gasteiger partial charge in [0.2, 0.25) is 0 Å². The summed E-state index contributed by atoms with van der Waals surface area (Å²) in [7, 11) is -3.67. The average Bonchev–Trinajstić information content (AvgIpc) is 2.19. The third-order valence-electron chi connectivity index (χ3n) is 1.43. The molecule has 0 fully saturated rings. The van der Waals surface area contributed by atoms with E-state index in [4.69, 9.17) is 15.5 Å². The van der Waals surface area contributed by atoms with Gasteiger partial charge in [-0.1, -0.05) is 12.1 Å². The van der Waals surface area contributed by atoms with Crippen LogP contribution in [0, 0.1) is 0 Å². The molecule has 8 heteroatoms. The van der Waals surface area contributed by atoms with E-state index in [0.29, 0.717) is 11.9 Å². The van der Waals surface area contributed by atoms with Crippen LogP contribution in [0.5, 0.6) is 0 Å². The van der Waals surface area contributed by atoms with E-state index in [0.717, 1.165) is 5.56 Å². The smallest absolute Gasteiger partial charge is 0.346 e. The molecule has 0 heterocycles. The summed E-state index contributed by atoms with van der Waals surface area (Å²) in [4.78, 5) is 14.1. The Morgan fingerprint density at radius 2 is 1.76 bits per heavy atom. The molecular weight excluding hydrogens is 250 g/mol. The Balaban J connectivity index is 0.000000437. The zero-order chi connectivity index (χ0) is 13.5. The molecule has 0 saturated heterocycles. The molecule has 96 valence electrons. The lowest BCUT2D eigenvalue weighted by atomic mass is 10.1. The molecule has 0 radical (unpaired) electrons. The van der Waals surface area contributed by atoms with Gasteiger partial charge in [0, 0.05) is 5.69 Å². The number of carbonyl (C=O) groups is 1. The van der Waals surface area contributed by atoms with Crippen molar-refractivity contribution in [2.24, 2.45) is 0 Å². The Bertz CT molecular complexity index is 445. The van der Waals surface area contributed by atoms with Crippen LogP contribution in [0.1, 0.15) is 5.56 Å². The van der Waals surface area contributed by atoms with E-state index < -0.39 is 16.1 Å². The van der Waals surface area contributed by atoms with Gasteiger partial charge >= 0.3 is 5.97 Å². The highest BCUT2D eigenvalue weighted by atomic mass is 32.2. The molecule has 7 nitrogen and oxygen atoms in total. The van der Waals surface area contributed by atoms with Crippen LogP contribution in [0.25, 0.3) is 0 Å². The summed E-state index contributed by atoms with van der Waals surface area (Å²) < 4.78 is 25.9. The number of carbonyl (C=O) groups excluding carboxylic acids is 1.